The van der Waals surface area contributed by atoms with Crippen LogP contribution in [0.2, 0.25) is 5.02 Å². The Balaban J connectivity index is 1.67. The van der Waals surface area contributed by atoms with E-state index in [4.69, 9.17) is 16.3 Å². The van der Waals surface area contributed by atoms with Crippen LogP contribution in [0, 0.1) is 6.92 Å². The highest BCUT2D eigenvalue weighted by atomic mass is 79.9. The molecular formula is C26H22BrClN2O3. The average molecular weight is 526 g/mol. The van der Waals surface area contributed by atoms with E-state index in [1.807, 2.05) is 49.4 Å². The first-order chi connectivity index (χ1) is 15.9. The van der Waals surface area contributed by atoms with Crippen molar-refractivity contribution in [3.63, 3.8) is 0 Å². The summed E-state index contributed by atoms with van der Waals surface area (Å²) in [6.45, 7) is 2.29. The van der Waals surface area contributed by atoms with Gasteiger partial charge in [0, 0.05) is 32.7 Å². The number of fused-ring (bicyclic) bond motifs is 1. The molecule has 1 heterocycles. The van der Waals surface area contributed by atoms with Crippen molar-refractivity contribution in [1.82, 2.24) is 9.88 Å². The summed E-state index contributed by atoms with van der Waals surface area (Å²) in [7, 11) is 1.59. The van der Waals surface area contributed by atoms with Crippen molar-refractivity contribution >= 4 is 50.2 Å². The van der Waals surface area contributed by atoms with Crippen LogP contribution in [0.4, 0.5) is 0 Å². The Kier molecular flexibility index (Phi) is 6.86. The molecular weight excluding hydrogens is 504 g/mol. The number of benzene rings is 3. The summed E-state index contributed by atoms with van der Waals surface area (Å²) in [4.78, 5) is 26.2. The summed E-state index contributed by atoms with van der Waals surface area (Å²) >= 11 is 9.40. The van der Waals surface area contributed by atoms with E-state index < -0.39 is 0 Å². The molecule has 0 atom stereocenters. The number of halogens is 2. The van der Waals surface area contributed by atoms with Crippen molar-refractivity contribution in [3.8, 4) is 5.75 Å². The second-order valence-corrected chi connectivity index (χ2v) is 9.03. The SMILES string of the molecule is COc1ccc2c(c1)c(CC(=O)NCc1ccc(Br)cc1)c(C)n2C(=O)c1ccc(Cl)cc1. The molecule has 1 amide bonds. The Hall–Kier alpha value is -3.09. The van der Waals surface area contributed by atoms with Gasteiger partial charge >= 0.3 is 0 Å². The van der Waals surface area contributed by atoms with Crippen LogP contribution >= 0.6 is 27.5 Å². The maximum Gasteiger partial charge on any atom is 0.262 e. The molecule has 168 valence electrons. The fourth-order valence-electron chi connectivity index (χ4n) is 3.82. The second-order valence-electron chi connectivity index (χ2n) is 7.67. The third-order valence-electron chi connectivity index (χ3n) is 5.58. The van der Waals surface area contributed by atoms with Gasteiger partial charge in [0.2, 0.25) is 5.91 Å². The van der Waals surface area contributed by atoms with E-state index in [0.29, 0.717) is 22.9 Å². The van der Waals surface area contributed by atoms with Crippen LogP contribution < -0.4 is 10.1 Å². The highest BCUT2D eigenvalue weighted by Crippen LogP contribution is 2.31. The Labute approximate surface area is 205 Å². The van der Waals surface area contributed by atoms with Gasteiger partial charge in [-0.3, -0.25) is 14.2 Å². The maximum atomic E-state index is 13.4. The van der Waals surface area contributed by atoms with Gasteiger partial charge in [0.25, 0.3) is 5.91 Å². The van der Waals surface area contributed by atoms with Gasteiger partial charge in [-0.25, -0.2) is 0 Å². The molecule has 0 fully saturated rings. The minimum absolute atomic E-state index is 0.123. The second kappa shape index (κ2) is 9.81. The Morgan fingerprint density at radius 2 is 1.73 bits per heavy atom. The van der Waals surface area contributed by atoms with Gasteiger partial charge in [0.15, 0.2) is 0 Å². The van der Waals surface area contributed by atoms with E-state index in [2.05, 4.69) is 21.2 Å². The van der Waals surface area contributed by atoms with Crippen molar-refractivity contribution in [1.29, 1.82) is 0 Å². The number of amides is 1. The first kappa shape index (κ1) is 23.1. The van der Waals surface area contributed by atoms with Crippen LogP contribution in [0.25, 0.3) is 10.9 Å². The number of rotatable bonds is 6. The zero-order chi connectivity index (χ0) is 23.5. The number of methoxy groups -OCH3 is 1. The quantitative estimate of drug-likeness (QED) is 0.340. The molecule has 4 rings (SSSR count). The van der Waals surface area contributed by atoms with Crippen LogP contribution in [0.1, 0.15) is 27.2 Å². The lowest BCUT2D eigenvalue weighted by Crippen LogP contribution is -2.25. The molecule has 1 aromatic heterocycles. The molecule has 0 unspecified atom stereocenters. The standard InChI is InChI=1S/C26H22BrClN2O3/c1-16-22(14-25(31)29-15-17-3-7-19(27)8-4-17)23-13-21(33-2)11-12-24(23)30(16)26(32)18-5-9-20(28)10-6-18/h3-13H,14-15H2,1-2H3,(H,29,31). The Morgan fingerprint density at radius 1 is 1.03 bits per heavy atom. The number of ether oxygens (including phenoxy) is 1. The molecule has 0 aliphatic heterocycles. The van der Waals surface area contributed by atoms with Crippen molar-refractivity contribution in [3.05, 3.63) is 98.6 Å². The fourth-order valence-corrected chi connectivity index (χ4v) is 4.21. The number of carbonyl (C=O) groups is 2. The van der Waals surface area contributed by atoms with Crippen LogP contribution in [0.3, 0.4) is 0 Å². The molecule has 7 heteroatoms. The van der Waals surface area contributed by atoms with Crippen LogP contribution in [-0.2, 0) is 17.8 Å². The van der Waals surface area contributed by atoms with Gasteiger partial charge in [-0.15, -0.1) is 0 Å². The zero-order valence-corrected chi connectivity index (χ0v) is 20.5. The van der Waals surface area contributed by atoms with E-state index in [9.17, 15) is 9.59 Å². The molecule has 0 spiro atoms. The van der Waals surface area contributed by atoms with E-state index in [1.165, 1.54) is 0 Å². The molecule has 0 aliphatic rings. The molecule has 0 saturated heterocycles. The van der Waals surface area contributed by atoms with Gasteiger partial charge in [-0.2, -0.15) is 0 Å². The van der Waals surface area contributed by atoms with Gasteiger partial charge in [0.05, 0.1) is 19.0 Å². The van der Waals surface area contributed by atoms with Gasteiger partial charge < -0.3 is 10.1 Å². The van der Waals surface area contributed by atoms with Gasteiger partial charge in [-0.1, -0.05) is 39.7 Å². The first-order valence-electron chi connectivity index (χ1n) is 10.4. The lowest BCUT2D eigenvalue weighted by molar-refractivity contribution is -0.120. The normalized spacial score (nSPS) is 10.9. The third-order valence-corrected chi connectivity index (χ3v) is 6.36. The van der Waals surface area contributed by atoms with Crippen LogP contribution in [0.5, 0.6) is 5.75 Å². The average Bonchev–Trinajstić information content (AvgIpc) is 3.09. The largest absolute Gasteiger partial charge is 0.497 e. The lowest BCUT2D eigenvalue weighted by atomic mass is 10.1. The summed E-state index contributed by atoms with van der Waals surface area (Å²) in [5, 5.41) is 4.35. The molecule has 0 radical (unpaired) electrons. The number of hydrogen-bond acceptors (Lipinski definition) is 3. The Bertz CT molecular complexity index is 1330. The predicted octanol–water partition coefficient (Wildman–Crippen LogP) is 5.92. The van der Waals surface area contributed by atoms with Crippen molar-refractivity contribution < 1.29 is 14.3 Å². The summed E-state index contributed by atoms with van der Waals surface area (Å²) in [6.07, 6.45) is 0.146. The molecule has 33 heavy (non-hydrogen) atoms. The predicted molar refractivity (Wildman–Crippen MR) is 134 cm³/mol. The summed E-state index contributed by atoms with van der Waals surface area (Å²) in [5.41, 5.74) is 3.76. The molecule has 3 aromatic carbocycles. The molecule has 1 N–H and O–H groups in total. The zero-order valence-electron chi connectivity index (χ0n) is 18.2. The van der Waals surface area contributed by atoms with Crippen molar-refractivity contribution in [2.75, 3.05) is 7.11 Å². The number of carbonyl (C=O) groups excluding carboxylic acids is 2. The van der Waals surface area contributed by atoms with E-state index in [1.54, 1.807) is 35.9 Å². The summed E-state index contributed by atoms with van der Waals surface area (Å²) < 4.78 is 8.03. The minimum Gasteiger partial charge on any atom is -0.497 e. The minimum atomic E-state index is -0.180. The van der Waals surface area contributed by atoms with E-state index in [0.717, 1.165) is 32.2 Å². The monoisotopic (exact) mass is 524 g/mol. The summed E-state index contributed by atoms with van der Waals surface area (Å²) in [6, 6.07) is 20.1. The molecule has 4 aromatic rings. The van der Waals surface area contributed by atoms with Gasteiger partial charge in [0.1, 0.15) is 5.75 Å². The third kappa shape index (κ3) is 4.97. The number of nitrogens with zero attached hydrogens (tertiary/aromatic N) is 1. The van der Waals surface area contributed by atoms with Gasteiger partial charge in [-0.05, 0) is 72.6 Å². The van der Waals surface area contributed by atoms with Crippen LogP contribution in [-0.4, -0.2) is 23.5 Å². The maximum absolute atomic E-state index is 13.4. The van der Waals surface area contributed by atoms with Crippen LogP contribution in [0.15, 0.2) is 71.2 Å². The molecule has 0 bridgehead atoms. The highest BCUT2D eigenvalue weighted by Gasteiger charge is 2.22. The van der Waals surface area contributed by atoms with E-state index in [-0.39, 0.29) is 18.2 Å². The van der Waals surface area contributed by atoms with E-state index >= 15 is 0 Å². The number of nitrogens with one attached hydrogen (secondary N) is 1. The van der Waals surface area contributed by atoms with Crippen molar-refractivity contribution in [2.45, 2.75) is 19.9 Å². The molecule has 5 nitrogen and oxygen atoms in total. The first-order valence-corrected chi connectivity index (χ1v) is 11.5. The molecule has 0 saturated carbocycles. The summed E-state index contributed by atoms with van der Waals surface area (Å²) in [5.74, 6) is 0.359. The fraction of sp³-hybridized carbons (Fsp3) is 0.154. The topological polar surface area (TPSA) is 60.3 Å². The number of aromatic nitrogens is 1. The number of hydrogen-bond donors (Lipinski definition) is 1. The van der Waals surface area contributed by atoms with Crippen molar-refractivity contribution in [2.24, 2.45) is 0 Å². The lowest BCUT2D eigenvalue weighted by Gasteiger charge is -2.08. The molecule has 0 aliphatic carbocycles. The highest BCUT2D eigenvalue weighted by molar-refractivity contribution is 9.10. The smallest absolute Gasteiger partial charge is 0.262 e. The Morgan fingerprint density at radius 3 is 2.39 bits per heavy atom.